The van der Waals surface area contributed by atoms with Crippen LogP contribution in [0.5, 0.6) is 0 Å². The van der Waals surface area contributed by atoms with Crippen LogP contribution in [0.3, 0.4) is 0 Å². The van der Waals surface area contributed by atoms with Gasteiger partial charge < -0.3 is 0 Å². The maximum Gasteiger partial charge on any atom is 0.00576 e. The summed E-state index contributed by atoms with van der Waals surface area (Å²) in [6.45, 7) is 1.94. The predicted molar refractivity (Wildman–Crippen MR) is 24.9 cm³/mol. The Kier molecular flexibility index (Phi) is 50.9. The summed E-state index contributed by atoms with van der Waals surface area (Å²) in [5, 5.41) is 0. The molecule has 0 amide bonds. The third-order valence-corrected chi connectivity index (χ3v) is 0.204. The van der Waals surface area contributed by atoms with E-state index >= 15 is 0 Å². The molecule has 0 aliphatic heterocycles. The summed E-state index contributed by atoms with van der Waals surface area (Å²) in [7, 11) is 0. The van der Waals surface area contributed by atoms with Crippen molar-refractivity contribution in [3.05, 3.63) is 0 Å². The van der Waals surface area contributed by atoms with Crippen molar-refractivity contribution in [2.45, 2.75) is 13.3 Å². The summed E-state index contributed by atoms with van der Waals surface area (Å²) in [5.41, 5.74) is 0. The molecule has 0 aromatic rings. The van der Waals surface area contributed by atoms with Gasteiger partial charge in [-0.25, -0.2) is 0 Å². The van der Waals surface area contributed by atoms with Gasteiger partial charge in [0.1, 0.15) is 0 Å². The van der Waals surface area contributed by atoms with Crippen molar-refractivity contribution in [1.29, 1.82) is 0 Å². The van der Waals surface area contributed by atoms with Gasteiger partial charge in [0.15, 0.2) is 0 Å². The first kappa shape index (κ1) is 16.3. The topological polar surface area (TPSA) is 0 Å². The van der Waals surface area contributed by atoms with E-state index in [1.54, 1.807) is 0 Å². The molecule has 3 radical (unpaired) electrons. The van der Waals surface area contributed by atoms with Gasteiger partial charge in [0, 0.05) is 33.6 Å². The fraction of sp³-hybridized carbons (Fsp3) is 0.500. The Balaban J connectivity index is -0.0000000450. The third kappa shape index (κ3) is 28.8. The summed E-state index contributed by atoms with van der Waals surface area (Å²) in [6.07, 6.45) is 5.62. The molecule has 0 bridgehead atoms. The van der Waals surface area contributed by atoms with Gasteiger partial charge in [-0.1, -0.05) is 6.92 Å². The first-order valence-electron chi connectivity index (χ1n) is 1.35. The minimum absolute atomic E-state index is 0. The predicted octanol–water partition coefficient (Wildman–Crippen LogP) is 0.646. The van der Waals surface area contributed by atoms with Crippen LogP contribution >= 0.6 is 0 Å². The van der Waals surface area contributed by atoms with Crippen LogP contribution in [0.2, 0.25) is 0 Å². The van der Waals surface area contributed by atoms with E-state index in [-0.39, 0.29) is 27.2 Å². The van der Waals surface area contributed by atoms with Crippen LogP contribution in [0.15, 0.2) is 0 Å². The minimum Gasteiger partial charge on any atom is -0.120 e. The van der Waals surface area contributed by atoms with Crippen LogP contribution in [-0.4, -0.2) is 10.1 Å². The van der Waals surface area contributed by atoms with Gasteiger partial charge in [-0.2, -0.15) is 0 Å². The Bertz CT molecular complexity index is 37.3. The molecule has 0 heterocycles. The van der Waals surface area contributed by atoms with Gasteiger partial charge in [-0.15, -0.1) is 12.3 Å². The van der Waals surface area contributed by atoms with Crippen LogP contribution in [0.25, 0.3) is 0 Å². The molecule has 0 aliphatic rings. The molecular formula is C4H6BeCu. The summed E-state index contributed by atoms with van der Waals surface area (Å²) in [5.74, 6) is 2.43. The SMILES string of the molecule is C#CCC.[Be].[Cu]. The van der Waals surface area contributed by atoms with E-state index in [4.69, 9.17) is 6.42 Å². The Labute approximate surface area is 53.4 Å². The fourth-order valence-electron chi connectivity index (χ4n) is 0. The zero-order valence-corrected chi connectivity index (χ0v) is 4.73. The second kappa shape index (κ2) is 18.7. The average Bonchev–Trinajstić information content (AvgIpc) is 1.37. The smallest absolute Gasteiger partial charge is 0.00576 e. The molecule has 0 nitrogen and oxygen atoms in total. The zero-order valence-electron chi connectivity index (χ0n) is 3.79. The van der Waals surface area contributed by atoms with E-state index in [1.807, 2.05) is 6.92 Å². The molecule has 0 N–H and O–H groups in total. The molecule has 0 aromatic heterocycles. The first-order valence-corrected chi connectivity index (χ1v) is 1.35. The third-order valence-electron chi connectivity index (χ3n) is 0.204. The minimum atomic E-state index is 0. The maximum absolute atomic E-state index is 4.78. The summed E-state index contributed by atoms with van der Waals surface area (Å²) >= 11 is 0. The Morgan fingerprint density at radius 2 is 1.83 bits per heavy atom. The van der Waals surface area contributed by atoms with Crippen LogP contribution < -0.4 is 0 Å². The van der Waals surface area contributed by atoms with Crippen molar-refractivity contribution in [3.8, 4) is 12.3 Å². The van der Waals surface area contributed by atoms with Crippen LogP contribution in [0.1, 0.15) is 13.3 Å². The fourth-order valence-corrected chi connectivity index (χ4v) is 0. The zero-order chi connectivity index (χ0) is 3.41. The largest absolute Gasteiger partial charge is 0.120 e. The van der Waals surface area contributed by atoms with Crippen molar-refractivity contribution in [3.63, 3.8) is 0 Å². The molecule has 0 spiro atoms. The number of hydrogen-bond acceptors (Lipinski definition) is 0. The van der Waals surface area contributed by atoms with Crippen molar-refractivity contribution in [2.24, 2.45) is 0 Å². The maximum atomic E-state index is 4.78. The van der Waals surface area contributed by atoms with E-state index in [1.165, 1.54) is 0 Å². The summed E-state index contributed by atoms with van der Waals surface area (Å²) in [6, 6.07) is 0. The quantitative estimate of drug-likeness (QED) is 0.330. The molecule has 6 heavy (non-hydrogen) atoms. The normalized spacial score (nSPS) is 3.33. The Hall–Kier alpha value is 0.248. The summed E-state index contributed by atoms with van der Waals surface area (Å²) in [4.78, 5) is 0. The number of terminal acetylenes is 1. The molecule has 0 fully saturated rings. The van der Waals surface area contributed by atoms with Gasteiger partial charge in [-0.05, 0) is 0 Å². The average molecular weight is 127 g/mol. The molecule has 0 aliphatic carbocycles. The van der Waals surface area contributed by atoms with Gasteiger partial charge >= 0.3 is 0 Å². The van der Waals surface area contributed by atoms with Crippen LogP contribution in [0.4, 0.5) is 0 Å². The molecule has 0 saturated carbocycles. The molecule has 0 rings (SSSR count). The molecular weight excluding hydrogens is 121 g/mol. The molecule has 0 saturated heterocycles. The molecule has 0 unspecified atom stereocenters. The molecule has 2 heteroatoms. The van der Waals surface area contributed by atoms with Crippen molar-refractivity contribution >= 4 is 10.1 Å². The van der Waals surface area contributed by atoms with E-state index < -0.39 is 0 Å². The molecule has 0 aromatic carbocycles. The van der Waals surface area contributed by atoms with Gasteiger partial charge in [0.2, 0.25) is 0 Å². The molecule has 0 atom stereocenters. The van der Waals surface area contributed by atoms with E-state index in [2.05, 4.69) is 5.92 Å². The van der Waals surface area contributed by atoms with E-state index in [0.717, 1.165) is 6.42 Å². The standard InChI is InChI=1S/C4H6.Be.Cu/c1-3-4-2;;/h1H,4H2,2H3;;. The van der Waals surface area contributed by atoms with Crippen LogP contribution in [-0.2, 0) is 17.1 Å². The van der Waals surface area contributed by atoms with Crippen molar-refractivity contribution in [2.75, 3.05) is 0 Å². The Morgan fingerprint density at radius 3 is 1.83 bits per heavy atom. The van der Waals surface area contributed by atoms with Gasteiger partial charge in [0.25, 0.3) is 0 Å². The van der Waals surface area contributed by atoms with Gasteiger partial charge in [0.05, 0.1) is 0 Å². The van der Waals surface area contributed by atoms with Crippen LogP contribution in [0, 0.1) is 12.3 Å². The Morgan fingerprint density at radius 1 is 1.67 bits per heavy atom. The van der Waals surface area contributed by atoms with Crippen molar-refractivity contribution < 1.29 is 17.1 Å². The summed E-state index contributed by atoms with van der Waals surface area (Å²) < 4.78 is 0. The number of rotatable bonds is 0. The molecule has 35 valence electrons. The second-order valence-electron chi connectivity index (χ2n) is 0.558. The first-order chi connectivity index (χ1) is 1.91. The van der Waals surface area contributed by atoms with Crippen molar-refractivity contribution in [1.82, 2.24) is 0 Å². The van der Waals surface area contributed by atoms with E-state index in [9.17, 15) is 0 Å². The monoisotopic (exact) mass is 126 g/mol. The van der Waals surface area contributed by atoms with Gasteiger partial charge in [-0.3, -0.25) is 0 Å². The second-order valence-corrected chi connectivity index (χ2v) is 0.558. The number of hydrogen-bond donors (Lipinski definition) is 0. The van der Waals surface area contributed by atoms with E-state index in [0.29, 0.717) is 0 Å².